The van der Waals surface area contributed by atoms with Crippen molar-refractivity contribution in [3.63, 3.8) is 0 Å². The molecule has 0 spiro atoms. The summed E-state index contributed by atoms with van der Waals surface area (Å²) in [5, 5.41) is 9.40. The fourth-order valence-corrected chi connectivity index (χ4v) is 4.10. The summed E-state index contributed by atoms with van der Waals surface area (Å²) in [4.78, 5) is 13.3. The number of benzene rings is 1. The van der Waals surface area contributed by atoms with Gasteiger partial charge in [-0.3, -0.25) is 9.48 Å². The molecule has 0 radical (unpaired) electrons. The number of hydrogen-bond acceptors (Lipinski definition) is 4. The summed E-state index contributed by atoms with van der Waals surface area (Å²) >= 11 is 1.44. The molecule has 5 nitrogen and oxygen atoms in total. The molecule has 1 unspecified atom stereocenters. The quantitative estimate of drug-likeness (QED) is 0.613. The molecule has 0 saturated carbocycles. The minimum absolute atomic E-state index is 0.0706. The monoisotopic (exact) mass is 397 g/mol. The molecule has 0 aliphatic carbocycles. The van der Waals surface area contributed by atoms with Crippen LogP contribution >= 0.6 is 11.3 Å². The molecular formula is C22H27N3O2S. The number of aryl methyl sites for hydroxylation is 3. The number of nitrogens with one attached hydrogen (secondary N) is 1. The summed E-state index contributed by atoms with van der Waals surface area (Å²) in [6, 6.07) is 7.97. The normalized spacial score (nSPS) is 12.0. The van der Waals surface area contributed by atoms with Crippen molar-refractivity contribution < 1.29 is 9.53 Å². The Balaban J connectivity index is 1.61. The highest BCUT2D eigenvalue weighted by atomic mass is 32.1. The molecule has 148 valence electrons. The van der Waals surface area contributed by atoms with E-state index in [0.29, 0.717) is 11.5 Å². The zero-order chi connectivity index (χ0) is 20.3. The maximum Gasteiger partial charge on any atom is 0.261 e. The average Bonchev–Trinajstić information content (AvgIpc) is 3.25. The Bertz CT molecular complexity index is 954. The van der Waals surface area contributed by atoms with Crippen LogP contribution < -0.4 is 10.1 Å². The van der Waals surface area contributed by atoms with Gasteiger partial charge in [-0.25, -0.2) is 0 Å². The molecule has 3 rings (SSSR count). The maximum atomic E-state index is 12.6. The lowest BCUT2D eigenvalue weighted by Crippen LogP contribution is -2.26. The zero-order valence-corrected chi connectivity index (χ0v) is 17.9. The molecule has 3 aromatic rings. The molecule has 0 saturated heterocycles. The lowest BCUT2D eigenvalue weighted by molar-refractivity contribution is 0.0944. The Labute approximate surface area is 170 Å². The van der Waals surface area contributed by atoms with Crippen molar-refractivity contribution in [2.75, 3.05) is 0 Å². The predicted octanol–water partition coefficient (Wildman–Crippen LogP) is 4.96. The average molecular weight is 398 g/mol. The molecule has 0 aliphatic heterocycles. The number of amides is 1. The van der Waals surface area contributed by atoms with Crippen LogP contribution in [0.4, 0.5) is 0 Å². The standard InChI is InChI=1S/C22H27N3O2S/c1-6-25-17(5)20(11-23-25)16(4)24-22(26)21-10-18(13-28-21)12-27-19-8-14(2)7-15(3)9-19/h7-11,13,16H,6,12H2,1-5H3,(H,24,26). The van der Waals surface area contributed by atoms with Gasteiger partial charge in [0.05, 0.1) is 17.1 Å². The van der Waals surface area contributed by atoms with Crippen LogP contribution in [-0.2, 0) is 13.2 Å². The number of rotatable bonds is 7. The van der Waals surface area contributed by atoms with Crippen LogP contribution in [0.5, 0.6) is 5.75 Å². The van der Waals surface area contributed by atoms with Gasteiger partial charge in [-0.1, -0.05) is 6.07 Å². The molecule has 1 aromatic carbocycles. The first-order chi connectivity index (χ1) is 13.4. The Hall–Kier alpha value is -2.60. The van der Waals surface area contributed by atoms with Gasteiger partial charge < -0.3 is 10.1 Å². The van der Waals surface area contributed by atoms with Crippen molar-refractivity contribution in [3.8, 4) is 5.75 Å². The van der Waals surface area contributed by atoms with Crippen molar-refractivity contribution >= 4 is 17.2 Å². The topological polar surface area (TPSA) is 56.2 Å². The first-order valence-electron chi connectivity index (χ1n) is 9.49. The van der Waals surface area contributed by atoms with E-state index in [9.17, 15) is 4.79 Å². The van der Waals surface area contributed by atoms with Crippen LogP contribution in [0.15, 0.2) is 35.8 Å². The largest absolute Gasteiger partial charge is 0.489 e. The number of thiophene rings is 1. The number of carbonyl (C=O) groups excluding carboxylic acids is 1. The second kappa shape index (κ2) is 8.61. The van der Waals surface area contributed by atoms with E-state index in [-0.39, 0.29) is 11.9 Å². The molecular weight excluding hydrogens is 370 g/mol. The van der Waals surface area contributed by atoms with Gasteiger partial charge in [-0.05, 0) is 69.3 Å². The highest BCUT2D eigenvalue weighted by Gasteiger charge is 2.17. The van der Waals surface area contributed by atoms with Crippen LogP contribution in [0.1, 0.15) is 57.5 Å². The summed E-state index contributed by atoms with van der Waals surface area (Å²) in [6.07, 6.45) is 1.83. The fraction of sp³-hybridized carbons (Fsp3) is 0.364. The van der Waals surface area contributed by atoms with Crippen LogP contribution in [0.25, 0.3) is 0 Å². The predicted molar refractivity (Wildman–Crippen MR) is 113 cm³/mol. The third-order valence-corrected chi connectivity index (χ3v) is 5.71. The lowest BCUT2D eigenvalue weighted by atomic mass is 10.1. The first kappa shape index (κ1) is 20.1. The fourth-order valence-electron chi connectivity index (χ4n) is 3.30. The van der Waals surface area contributed by atoms with E-state index in [4.69, 9.17) is 4.74 Å². The SMILES string of the molecule is CCn1ncc(C(C)NC(=O)c2cc(COc3cc(C)cc(C)c3)cs2)c1C. The van der Waals surface area contributed by atoms with Crippen LogP contribution in [-0.4, -0.2) is 15.7 Å². The molecule has 0 bridgehead atoms. The van der Waals surface area contributed by atoms with Crippen molar-refractivity contribution in [2.24, 2.45) is 0 Å². The summed E-state index contributed by atoms with van der Waals surface area (Å²) in [7, 11) is 0. The second-order valence-corrected chi connectivity index (χ2v) is 8.04. The lowest BCUT2D eigenvalue weighted by Gasteiger charge is -2.13. The van der Waals surface area contributed by atoms with Gasteiger partial charge in [-0.2, -0.15) is 5.10 Å². The van der Waals surface area contributed by atoms with E-state index in [1.54, 1.807) is 0 Å². The molecule has 2 heterocycles. The summed E-state index contributed by atoms with van der Waals surface area (Å²) in [5.41, 5.74) is 5.48. The Kier molecular flexibility index (Phi) is 6.19. The van der Waals surface area contributed by atoms with Crippen molar-refractivity contribution in [1.29, 1.82) is 0 Å². The van der Waals surface area contributed by atoms with Gasteiger partial charge in [0, 0.05) is 23.4 Å². The van der Waals surface area contributed by atoms with Gasteiger partial charge >= 0.3 is 0 Å². The first-order valence-corrected chi connectivity index (χ1v) is 10.4. The smallest absolute Gasteiger partial charge is 0.261 e. The number of ether oxygens (including phenoxy) is 1. The number of carbonyl (C=O) groups is 1. The highest BCUT2D eigenvalue weighted by Crippen LogP contribution is 2.22. The number of aromatic nitrogens is 2. The summed E-state index contributed by atoms with van der Waals surface area (Å²) < 4.78 is 7.83. The molecule has 1 amide bonds. The summed E-state index contributed by atoms with van der Waals surface area (Å²) in [6.45, 7) is 11.5. The molecule has 1 atom stereocenters. The van der Waals surface area contributed by atoms with Crippen LogP contribution in [0, 0.1) is 20.8 Å². The van der Waals surface area contributed by atoms with Crippen molar-refractivity contribution in [1.82, 2.24) is 15.1 Å². The zero-order valence-electron chi connectivity index (χ0n) is 17.1. The summed E-state index contributed by atoms with van der Waals surface area (Å²) in [5.74, 6) is 0.783. The second-order valence-electron chi connectivity index (χ2n) is 7.13. The van der Waals surface area contributed by atoms with Gasteiger partial charge in [0.15, 0.2) is 0 Å². The van der Waals surface area contributed by atoms with Gasteiger partial charge in [0.25, 0.3) is 5.91 Å². The molecule has 0 aliphatic rings. The minimum atomic E-state index is -0.0927. The van der Waals surface area contributed by atoms with Crippen molar-refractivity contribution in [3.05, 3.63) is 68.7 Å². The molecule has 1 N–H and O–H groups in total. The van der Waals surface area contributed by atoms with E-state index in [1.807, 2.05) is 48.3 Å². The van der Waals surface area contributed by atoms with E-state index in [0.717, 1.165) is 29.1 Å². The third-order valence-electron chi connectivity index (χ3n) is 4.73. The van der Waals surface area contributed by atoms with Crippen molar-refractivity contribution in [2.45, 2.75) is 53.8 Å². The van der Waals surface area contributed by atoms with E-state index >= 15 is 0 Å². The number of nitrogens with zero attached hydrogens (tertiary/aromatic N) is 2. The van der Waals surface area contributed by atoms with Crippen LogP contribution in [0.2, 0.25) is 0 Å². The van der Waals surface area contributed by atoms with E-state index in [1.165, 1.54) is 22.5 Å². The third kappa shape index (κ3) is 4.62. The maximum absolute atomic E-state index is 12.6. The minimum Gasteiger partial charge on any atom is -0.489 e. The van der Waals surface area contributed by atoms with Gasteiger partial charge in [-0.15, -0.1) is 11.3 Å². The van der Waals surface area contributed by atoms with E-state index < -0.39 is 0 Å². The van der Waals surface area contributed by atoms with E-state index in [2.05, 4.69) is 37.3 Å². The van der Waals surface area contributed by atoms with Gasteiger partial charge in [0.1, 0.15) is 12.4 Å². The van der Waals surface area contributed by atoms with Gasteiger partial charge in [0.2, 0.25) is 0 Å². The molecule has 2 aromatic heterocycles. The Morgan fingerprint density at radius 2 is 1.93 bits per heavy atom. The molecule has 0 fully saturated rings. The Morgan fingerprint density at radius 3 is 2.57 bits per heavy atom. The Morgan fingerprint density at radius 1 is 1.21 bits per heavy atom. The molecule has 28 heavy (non-hydrogen) atoms. The number of hydrogen-bond donors (Lipinski definition) is 1. The molecule has 6 heteroatoms. The highest BCUT2D eigenvalue weighted by molar-refractivity contribution is 7.12. The van der Waals surface area contributed by atoms with Crippen LogP contribution in [0.3, 0.4) is 0 Å².